The quantitative estimate of drug-likeness (QED) is 0.800. The van der Waals surface area contributed by atoms with Crippen LogP contribution in [-0.4, -0.2) is 25.2 Å². The molecule has 0 bridgehead atoms. The Balaban J connectivity index is 2.26. The van der Waals surface area contributed by atoms with Crippen molar-refractivity contribution in [1.82, 2.24) is 0 Å². The molecule has 2 atom stereocenters. The molecule has 1 aliphatic heterocycles. The number of halogens is 1. The third kappa shape index (κ3) is 2.10. The van der Waals surface area contributed by atoms with Crippen molar-refractivity contribution in [2.24, 2.45) is 0 Å². The van der Waals surface area contributed by atoms with E-state index in [4.69, 9.17) is 14.2 Å². The predicted octanol–water partition coefficient (Wildman–Crippen LogP) is 2.68. The minimum atomic E-state index is -0.647. The molecule has 1 unspecified atom stereocenters. The zero-order valence-corrected chi connectivity index (χ0v) is 11.0. The van der Waals surface area contributed by atoms with E-state index in [1.807, 2.05) is 31.2 Å². The van der Waals surface area contributed by atoms with Crippen molar-refractivity contribution in [3.05, 3.63) is 29.8 Å². The van der Waals surface area contributed by atoms with Crippen LogP contribution in [0, 0.1) is 0 Å². The van der Waals surface area contributed by atoms with Gasteiger partial charge in [-0.25, -0.2) is 0 Å². The fourth-order valence-electron chi connectivity index (χ4n) is 1.79. The van der Waals surface area contributed by atoms with E-state index in [9.17, 15) is 0 Å². The molecule has 1 aromatic rings. The van der Waals surface area contributed by atoms with Crippen molar-refractivity contribution in [3.63, 3.8) is 0 Å². The van der Waals surface area contributed by atoms with Crippen LogP contribution in [0.25, 0.3) is 0 Å². The van der Waals surface area contributed by atoms with Crippen LogP contribution in [0.2, 0.25) is 0 Å². The van der Waals surface area contributed by atoms with Gasteiger partial charge in [0, 0.05) is 5.56 Å². The highest BCUT2D eigenvalue weighted by Gasteiger charge is 2.40. The molecule has 0 amide bonds. The fraction of sp³-hybridized carbons (Fsp3) is 0.500. The Labute approximate surface area is 104 Å². The lowest BCUT2D eigenvalue weighted by atomic mass is 10.1. The topological polar surface area (TPSA) is 27.7 Å². The van der Waals surface area contributed by atoms with Crippen molar-refractivity contribution < 1.29 is 14.2 Å². The van der Waals surface area contributed by atoms with Gasteiger partial charge in [-0.1, -0.05) is 15.9 Å². The number of alkyl halides is 1. The largest absolute Gasteiger partial charge is 0.497 e. The van der Waals surface area contributed by atoms with Gasteiger partial charge in [-0.2, -0.15) is 0 Å². The molecular formula is C12H15BrO3. The molecule has 0 aromatic heterocycles. The number of hydrogen-bond donors (Lipinski definition) is 0. The summed E-state index contributed by atoms with van der Waals surface area (Å²) in [6, 6.07) is 7.77. The maximum Gasteiger partial charge on any atom is 0.205 e. The highest BCUT2D eigenvalue weighted by atomic mass is 79.9. The molecule has 2 rings (SSSR count). The molecule has 0 aliphatic carbocycles. The van der Waals surface area contributed by atoms with Crippen molar-refractivity contribution in [3.8, 4) is 5.75 Å². The normalized spacial score (nSPS) is 29.3. The average Bonchev–Trinajstić information content (AvgIpc) is 2.72. The summed E-state index contributed by atoms with van der Waals surface area (Å²) in [6.45, 7) is 2.63. The van der Waals surface area contributed by atoms with E-state index >= 15 is 0 Å². The second-order valence-electron chi connectivity index (χ2n) is 3.85. The Morgan fingerprint density at radius 3 is 2.56 bits per heavy atom. The molecule has 1 aromatic carbocycles. The number of methoxy groups -OCH3 is 1. The monoisotopic (exact) mass is 286 g/mol. The van der Waals surface area contributed by atoms with Crippen LogP contribution in [-0.2, 0) is 15.3 Å². The molecule has 1 heterocycles. The molecular weight excluding hydrogens is 272 g/mol. The second-order valence-corrected chi connectivity index (χ2v) is 4.42. The molecule has 1 aliphatic rings. The van der Waals surface area contributed by atoms with E-state index in [1.165, 1.54) is 0 Å². The molecule has 3 nitrogen and oxygen atoms in total. The summed E-state index contributed by atoms with van der Waals surface area (Å²) in [7, 11) is 1.65. The minimum absolute atomic E-state index is 0.125. The zero-order chi connectivity index (χ0) is 11.6. The third-order valence-corrected chi connectivity index (χ3v) is 3.39. The minimum Gasteiger partial charge on any atom is -0.497 e. The van der Waals surface area contributed by atoms with E-state index in [0.717, 1.165) is 11.3 Å². The summed E-state index contributed by atoms with van der Waals surface area (Å²) in [4.78, 5) is 0. The first-order chi connectivity index (χ1) is 7.70. The van der Waals surface area contributed by atoms with Crippen LogP contribution in [0.15, 0.2) is 24.3 Å². The lowest BCUT2D eigenvalue weighted by molar-refractivity contribution is -0.154. The van der Waals surface area contributed by atoms with E-state index in [0.29, 0.717) is 11.9 Å². The van der Waals surface area contributed by atoms with Gasteiger partial charge in [0.05, 0.1) is 25.2 Å². The average molecular weight is 287 g/mol. The van der Waals surface area contributed by atoms with Gasteiger partial charge in [-0.15, -0.1) is 0 Å². The smallest absolute Gasteiger partial charge is 0.205 e. The summed E-state index contributed by atoms with van der Waals surface area (Å²) in [5, 5.41) is 0.622. The van der Waals surface area contributed by atoms with Gasteiger partial charge >= 0.3 is 0 Å². The van der Waals surface area contributed by atoms with Crippen LogP contribution < -0.4 is 4.74 Å². The highest BCUT2D eigenvalue weighted by molar-refractivity contribution is 9.09. The lowest BCUT2D eigenvalue weighted by Gasteiger charge is -2.26. The van der Waals surface area contributed by atoms with E-state index < -0.39 is 5.79 Å². The summed E-state index contributed by atoms with van der Waals surface area (Å²) >= 11 is 3.45. The summed E-state index contributed by atoms with van der Waals surface area (Å²) in [6.07, 6.45) is 0.125. The second kappa shape index (κ2) is 4.73. The van der Waals surface area contributed by atoms with E-state index in [-0.39, 0.29) is 6.10 Å². The van der Waals surface area contributed by atoms with Crippen molar-refractivity contribution in [1.29, 1.82) is 0 Å². The van der Waals surface area contributed by atoms with Gasteiger partial charge in [-0.05, 0) is 31.2 Å². The van der Waals surface area contributed by atoms with E-state index in [1.54, 1.807) is 7.11 Å². The molecule has 16 heavy (non-hydrogen) atoms. The third-order valence-electron chi connectivity index (χ3n) is 2.65. The van der Waals surface area contributed by atoms with Gasteiger partial charge in [0.2, 0.25) is 5.79 Å². The standard InChI is InChI=1S/C12H15BrO3/c1-9-7-15-12(8-13,16-9)10-3-5-11(14-2)6-4-10/h3-6,9H,7-8H2,1-2H3/t9-,12?/m0/s1. The van der Waals surface area contributed by atoms with Gasteiger partial charge in [0.25, 0.3) is 0 Å². The Bertz CT molecular complexity index is 352. The molecule has 0 N–H and O–H groups in total. The van der Waals surface area contributed by atoms with Crippen molar-refractivity contribution in [2.75, 3.05) is 19.0 Å². The maximum absolute atomic E-state index is 5.85. The highest BCUT2D eigenvalue weighted by Crippen LogP contribution is 2.36. The summed E-state index contributed by atoms with van der Waals surface area (Å²) in [5.74, 6) is 0.186. The fourth-order valence-corrected chi connectivity index (χ4v) is 2.41. The SMILES string of the molecule is COc1ccc(C2(CBr)OC[C@H](C)O2)cc1. The van der Waals surface area contributed by atoms with Crippen LogP contribution in [0.1, 0.15) is 12.5 Å². The Morgan fingerprint density at radius 2 is 2.12 bits per heavy atom. The van der Waals surface area contributed by atoms with Crippen LogP contribution in [0.3, 0.4) is 0 Å². The van der Waals surface area contributed by atoms with Crippen LogP contribution in [0.5, 0.6) is 5.75 Å². The van der Waals surface area contributed by atoms with Gasteiger partial charge in [0.15, 0.2) is 0 Å². The Morgan fingerprint density at radius 1 is 1.44 bits per heavy atom. The summed E-state index contributed by atoms with van der Waals surface area (Å²) in [5.41, 5.74) is 1.01. The first kappa shape index (κ1) is 11.9. The number of rotatable bonds is 3. The predicted molar refractivity (Wildman–Crippen MR) is 65.0 cm³/mol. The Kier molecular flexibility index (Phi) is 3.52. The Hall–Kier alpha value is -0.580. The molecule has 0 spiro atoms. The first-order valence-corrected chi connectivity index (χ1v) is 6.34. The van der Waals surface area contributed by atoms with Crippen molar-refractivity contribution in [2.45, 2.75) is 18.8 Å². The molecule has 0 radical (unpaired) electrons. The lowest BCUT2D eigenvalue weighted by Crippen LogP contribution is -2.29. The van der Waals surface area contributed by atoms with E-state index in [2.05, 4.69) is 15.9 Å². The van der Waals surface area contributed by atoms with Crippen molar-refractivity contribution >= 4 is 15.9 Å². The van der Waals surface area contributed by atoms with Crippen LogP contribution >= 0.6 is 15.9 Å². The van der Waals surface area contributed by atoms with Gasteiger partial charge in [-0.3, -0.25) is 0 Å². The molecule has 1 fully saturated rings. The first-order valence-electron chi connectivity index (χ1n) is 5.22. The molecule has 88 valence electrons. The zero-order valence-electron chi connectivity index (χ0n) is 9.40. The molecule has 1 saturated heterocycles. The summed E-state index contributed by atoms with van der Waals surface area (Å²) < 4.78 is 16.7. The van der Waals surface area contributed by atoms with Gasteiger partial charge < -0.3 is 14.2 Å². The molecule has 0 saturated carbocycles. The molecule has 4 heteroatoms. The van der Waals surface area contributed by atoms with Gasteiger partial charge in [0.1, 0.15) is 5.75 Å². The maximum atomic E-state index is 5.85. The number of hydrogen-bond acceptors (Lipinski definition) is 3. The number of benzene rings is 1. The number of ether oxygens (including phenoxy) is 3. The van der Waals surface area contributed by atoms with Crippen LogP contribution in [0.4, 0.5) is 0 Å².